The minimum absolute atomic E-state index is 0.0457. The topological polar surface area (TPSA) is 96.0 Å². The molecular weight excluding hydrogens is 544 g/mol. The van der Waals surface area contributed by atoms with Crippen molar-refractivity contribution in [2.24, 2.45) is 50.2 Å². The molecule has 7 nitrogen and oxygen atoms in total. The minimum Gasteiger partial charge on any atom is -0.465 e. The normalized spacial score (nSPS) is 44.4. The number of esters is 3. The lowest BCUT2D eigenvalue weighted by Crippen LogP contribution is -2.71. The van der Waals surface area contributed by atoms with Crippen LogP contribution in [0, 0.1) is 50.2 Å². The molecule has 43 heavy (non-hydrogen) atoms. The molecule has 0 saturated heterocycles. The van der Waals surface area contributed by atoms with E-state index in [4.69, 9.17) is 14.2 Å². The number of ether oxygens (including phenoxy) is 3. The van der Waals surface area contributed by atoms with Crippen molar-refractivity contribution >= 4 is 23.7 Å². The molecule has 5 rings (SSSR count). The standard InChI is InChI=1S/C36H54O7/c1-21(37)41-20-36-16-15-31(4,5)18-25(36)24-11-12-26-33(8)14-13-28(40)32(6,7)27(33)17-29(42-22(2)38)35(26,10)34(24,9)19-30(36)43-23(3)39/h11,25-27,29-30H,12-20H2,1-10H3/t25-,26+,27-,29-,30-,33+,34+,35-,36+/m0/s1. The lowest BCUT2D eigenvalue weighted by molar-refractivity contribution is -0.249. The van der Waals surface area contributed by atoms with Crippen molar-refractivity contribution < 1.29 is 33.4 Å². The predicted molar refractivity (Wildman–Crippen MR) is 163 cm³/mol. The maximum atomic E-state index is 13.3. The fraction of sp³-hybridized carbons (Fsp3) is 0.833. The average molecular weight is 599 g/mol. The number of allylic oxidation sites excluding steroid dienone is 2. The first-order valence-corrected chi connectivity index (χ1v) is 16.5. The summed E-state index contributed by atoms with van der Waals surface area (Å²) in [4.78, 5) is 50.9. The van der Waals surface area contributed by atoms with E-state index in [0.29, 0.717) is 25.0 Å². The van der Waals surface area contributed by atoms with E-state index in [-0.39, 0.29) is 59.2 Å². The van der Waals surface area contributed by atoms with Crippen LogP contribution in [-0.2, 0) is 33.4 Å². The van der Waals surface area contributed by atoms with E-state index in [1.165, 1.54) is 26.3 Å². The summed E-state index contributed by atoms with van der Waals surface area (Å²) in [6, 6.07) is 0. The molecule has 0 aliphatic heterocycles. The Morgan fingerprint density at radius 3 is 2.05 bits per heavy atom. The second-order valence-corrected chi connectivity index (χ2v) is 16.8. The van der Waals surface area contributed by atoms with E-state index in [9.17, 15) is 19.2 Å². The summed E-state index contributed by atoms with van der Waals surface area (Å²) in [5.41, 5.74) is -0.640. The smallest absolute Gasteiger partial charge is 0.302 e. The fourth-order valence-corrected chi connectivity index (χ4v) is 11.4. The zero-order valence-corrected chi connectivity index (χ0v) is 28.2. The van der Waals surface area contributed by atoms with Gasteiger partial charge in [0.15, 0.2) is 0 Å². The summed E-state index contributed by atoms with van der Waals surface area (Å²) < 4.78 is 18.4. The van der Waals surface area contributed by atoms with Gasteiger partial charge in [-0.25, -0.2) is 0 Å². The quantitative estimate of drug-likeness (QED) is 0.195. The minimum atomic E-state index is -0.515. The molecule has 0 radical (unpaired) electrons. The fourth-order valence-electron chi connectivity index (χ4n) is 11.4. The Hall–Kier alpha value is -2.18. The number of carbonyl (C=O) groups is 4. The van der Waals surface area contributed by atoms with E-state index >= 15 is 0 Å². The zero-order chi connectivity index (χ0) is 32.0. The Bertz CT molecular complexity index is 1250. The van der Waals surface area contributed by atoms with Crippen LogP contribution >= 0.6 is 0 Å². The van der Waals surface area contributed by atoms with E-state index < -0.39 is 27.8 Å². The highest BCUT2D eigenvalue weighted by Crippen LogP contribution is 2.76. The highest BCUT2D eigenvalue weighted by molar-refractivity contribution is 5.85. The monoisotopic (exact) mass is 598 g/mol. The van der Waals surface area contributed by atoms with Crippen LogP contribution in [0.1, 0.15) is 121 Å². The summed E-state index contributed by atoms with van der Waals surface area (Å²) >= 11 is 0. The second-order valence-electron chi connectivity index (χ2n) is 16.8. The van der Waals surface area contributed by atoms with Gasteiger partial charge in [0, 0.05) is 48.9 Å². The molecule has 0 unspecified atom stereocenters. The highest BCUT2D eigenvalue weighted by Gasteiger charge is 2.73. The van der Waals surface area contributed by atoms with Crippen molar-refractivity contribution in [1.29, 1.82) is 0 Å². The van der Waals surface area contributed by atoms with E-state index in [2.05, 4.69) is 54.5 Å². The van der Waals surface area contributed by atoms with Crippen LogP contribution in [0.25, 0.3) is 0 Å². The van der Waals surface area contributed by atoms with Crippen molar-refractivity contribution in [2.45, 2.75) is 133 Å². The van der Waals surface area contributed by atoms with Gasteiger partial charge in [-0.05, 0) is 73.5 Å². The summed E-state index contributed by atoms with van der Waals surface area (Å²) in [5.74, 6) is -0.359. The molecule has 0 heterocycles. The zero-order valence-electron chi connectivity index (χ0n) is 28.2. The molecule has 0 bridgehead atoms. The van der Waals surface area contributed by atoms with Crippen molar-refractivity contribution in [3.63, 3.8) is 0 Å². The number of ketones is 1. The Morgan fingerprint density at radius 2 is 1.44 bits per heavy atom. The number of carbonyl (C=O) groups excluding carboxylic acids is 4. The molecule has 0 aromatic rings. The van der Waals surface area contributed by atoms with Crippen LogP contribution in [0.2, 0.25) is 0 Å². The Labute approximate surface area is 258 Å². The van der Waals surface area contributed by atoms with Gasteiger partial charge in [-0.2, -0.15) is 0 Å². The number of hydrogen-bond acceptors (Lipinski definition) is 7. The molecule has 240 valence electrons. The average Bonchev–Trinajstić information content (AvgIpc) is 2.87. The molecule has 4 fully saturated rings. The molecule has 7 heteroatoms. The molecule has 4 saturated carbocycles. The van der Waals surface area contributed by atoms with Crippen molar-refractivity contribution in [3.05, 3.63) is 11.6 Å². The lowest BCUT2D eigenvalue weighted by Gasteiger charge is -2.72. The summed E-state index contributed by atoms with van der Waals surface area (Å²) in [6.45, 7) is 20.4. The van der Waals surface area contributed by atoms with Gasteiger partial charge in [0.25, 0.3) is 0 Å². The summed E-state index contributed by atoms with van der Waals surface area (Å²) in [6.07, 6.45) is 7.72. The summed E-state index contributed by atoms with van der Waals surface area (Å²) in [5, 5.41) is 0. The number of rotatable bonds is 4. The van der Waals surface area contributed by atoms with Gasteiger partial charge in [-0.3, -0.25) is 19.2 Å². The van der Waals surface area contributed by atoms with Crippen molar-refractivity contribution in [3.8, 4) is 0 Å². The maximum absolute atomic E-state index is 13.3. The van der Waals surface area contributed by atoms with Gasteiger partial charge >= 0.3 is 17.9 Å². The van der Waals surface area contributed by atoms with Crippen LogP contribution in [0.4, 0.5) is 0 Å². The predicted octanol–water partition coefficient (Wildman–Crippen LogP) is 7.00. The summed E-state index contributed by atoms with van der Waals surface area (Å²) in [7, 11) is 0. The Morgan fingerprint density at radius 1 is 0.814 bits per heavy atom. The van der Waals surface area contributed by atoms with Crippen LogP contribution in [0.5, 0.6) is 0 Å². The van der Waals surface area contributed by atoms with Gasteiger partial charge in [0.2, 0.25) is 0 Å². The molecule has 0 N–H and O–H groups in total. The molecular formula is C36H54O7. The third-order valence-corrected chi connectivity index (χ3v) is 13.8. The first-order chi connectivity index (χ1) is 19.7. The number of Topliss-reactive ketones (excluding diaryl/α,β-unsaturated/α-hetero) is 1. The van der Waals surface area contributed by atoms with Crippen LogP contribution < -0.4 is 0 Å². The molecule has 0 spiro atoms. The molecule has 9 atom stereocenters. The van der Waals surface area contributed by atoms with Gasteiger partial charge in [-0.1, -0.05) is 60.1 Å². The molecule has 0 amide bonds. The molecule has 5 aliphatic carbocycles. The van der Waals surface area contributed by atoms with Crippen LogP contribution in [0.15, 0.2) is 11.6 Å². The second kappa shape index (κ2) is 10.2. The number of fused-ring (bicyclic) bond motifs is 7. The molecule has 5 aliphatic rings. The van der Waals surface area contributed by atoms with E-state index in [0.717, 1.165) is 32.1 Å². The molecule has 0 aromatic carbocycles. The maximum Gasteiger partial charge on any atom is 0.302 e. The first kappa shape index (κ1) is 32.2. The Balaban J connectivity index is 1.72. The van der Waals surface area contributed by atoms with Crippen molar-refractivity contribution in [1.82, 2.24) is 0 Å². The van der Waals surface area contributed by atoms with Gasteiger partial charge in [-0.15, -0.1) is 0 Å². The van der Waals surface area contributed by atoms with E-state index in [1.54, 1.807) is 0 Å². The highest BCUT2D eigenvalue weighted by atomic mass is 16.6. The third-order valence-electron chi connectivity index (χ3n) is 13.8. The van der Waals surface area contributed by atoms with Crippen molar-refractivity contribution in [2.75, 3.05) is 6.61 Å². The largest absolute Gasteiger partial charge is 0.465 e. The van der Waals surface area contributed by atoms with Gasteiger partial charge in [0.1, 0.15) is 24.6 Å². The SMILES string of the molecule is CC(=O)OC[C@]12CCC(C)(C)C[C@H]1C1=CC[C@@H]3[C@@]4(C)CCC(=O)C(C)(C)[C@@H]4C[C@H](OC(C)=O)[C@@]3(C)[C@]1(C)C[C@@H]2OC(C)=O. The first-order valence-electron chi connectivity index (χ1n) is 16.5. The van der Waals surface area contributed by atoms with Crippen LogP contribution in [-0.4, -0.2) is 42.5 Å². The third kappa shape index (κ3) is 4.64. The van der Waals surface area contributed by atoms with Crippen LogP contribution in [0.3, 0.4) is 0 Å². The Kier molecular flexibility index (Phi) is 7.62. The van der Waals surface area contributed by atoms with Gasteiger partial charge < -0.3 is 14.2 Å². The lowest BCUT2D eigenvalue weighted by atomic mass is 9.32. The molecule has 0 aromatic heterocycles. The van der Waals surface area contributed by atoms with Gasteiger partial charge in [0.05, 0.1) is 0 Å². The number of hydrogen-bond donors (Lipinski definition) is 0. The van der Waals surface area contributed by atoms with E-state index in [1.807, 2.05) is 0 Å².